The van der Waals surface area contributed by atoms with Crippen molar-refractivity contribution in [2.24, 2.45) is 0 Å². The van der Waals surface area contributed by atoms with Gasteiger partial charge in [-0.2, -0.15) is 5.10 Å². The molecular formula is C28H23ClN4. The summed E-state index contributed by atoms with van der Waals surface area (Å²) in [6, 6.07) is 26.7. The molecule has 0 N–H and O–H groups in total. The summed E-state index contributed by atoms with van der Waals surface area (Å²) in [5.74, 6) is 0. The Balaban J connectivity index is 1.71. The Bertz CT molecular complexity index is 1490. The van der Waals surface area contributed by atoms with Gasteiger partial charge in [0.15, 0.2) is 5.65 Å². The molecule has 2 aromatic heterocycles. The Morgan fingerprint density at radius 2 is 1.58 bits per heavy atom. The SMILES string of the molecule is Cc1ccccc1N1CCc2c(C)nc3c(c(-c4ccc(Cl)cc4)nn3-c3ccccc3)c21. The number of hydrogen-bond acceptors (Lipinski definition) is 3. The molecule has 1 aliphatic heterocycles. The zero-order chi connectivity index (χ0) is 22.5. The Morgan fingerprint density at radius 3 is 2.33 bits per heavy atom. The van der Waals surface area contributed by atoms with Crippen molar-refractivity contribution in [3.05, 3.63) is 101 Å². The van der Waals surface area contributed by atoms with E-state index in [0.717, 1.165) is 46.6 Å². The molecule has 0 aliphatic carbocycles. The second-order valence-electron chi connectivity index (χ2n) is 8.51. The number of anilines is 2. The number of halogens is 1. The first-order valence-corrected chi connectivity index (χ1v) is 11.6. The van der Waals surface area contributed by atoms with E-state index in [1.807, 2.05) is 47.1 Å². The third-order valence-electron chi connectivity index (χ3n) is 6.47. The number of aromatic nitrogens is 3. The Labute approximate surface area is 198 Å². The fraction of sp³-hybridized carbons (Fsp3) is 0.143. The smallest absolute Gasteiger partial charge is 0.165 e. The molecule has 5 heteroatoms. The van der Waals surface area contributed by atoms with Gasteiger partial charge >= 0.3 is 0 Å². The molecule has 162 valence electrons. The molecule has 0 saturated carbocycles. The normalized spacial score (nSPS) is 13.0. The molecule has 0 amide bonds. The highest BCUT2D eigenvalue weighted by Gasteiger charge is 2.30. The standard InChI is InChI=1S/C28H23ClN4/c1-18-8-6-7-11-24(18)32-17-16-23-19(2)30-28-25(27(23)32)26(20-12-14-21(29)15-13-20)31-33(28)22-9-4-3-5-10-22/h3-15H,16-17H2,1-2H3. The molecule has 0 radical (unpaired) electrons. The molecule has 0 unspecified atom stereocenters. The van der Waals surface area contributed by atoms with Crippen molar-refractivity contribution < 1.29 is 0 Å². The lowest BCUT2D eigenvalue weighted by atomic mass is 10.0. The molecule has 3 aromatic carbocycles. The first-order valence-electron chi connectivity index (χ1n) is 11.2. The van der Waals surface area contributed by atoms with Crippen molar-refractivity contribution in [3.8, 4) is 16.9 Å². The van der Waals surface area contributed by atoms with Gasteiger partial charge in [-0.15, -0.1) is 0 Å². The van der Waals surface area contributed by atoms with Crippen LogP contribution in [0, 0.1) is 13.8 Å². The lowest BCUT2D eigenvalue weighted by Gasteiger charge is -2.23. The maximum Gasteiger partial charge on any atom is 0.165 e. The molecule has 4 nitrogen and oxygen atoms in total. The summed E-state index contributed by atoms with van der Waals surface area (Å²) in [5.41, 5.74) is 9.91. The largest absolute Gasteiger partial charge is 0.340 e. The van der Waals surface area contributed by atoms with Gasteiger partial charge in [-0.1, -0.05) is 60.1 Å². The third-order valence-corrected chi connectivity index (χ3v) is 6.73. The maximum atomic E-state index is 6.21. The van der Waals surface area contributed by atoms with E-state index in [2.05, 4.69) is 55.1 Å². The predicted octanol–water partition coefficient (Wildman–Crippen LogP) is 7.05. The monoisotopic (exact) mass is 450 g/mol. The summed E-state index contributed by atoms with van der Waals surface area (Å²) in [7, 11) is 0. The number of rotatable bonds is 3. The van der Waals surface area contributed by atoms with E-state index in [0.29, 0.717) is 5.02 Å². The molecule has 5 aromatic rings. The predicted molar refractivity (Wildman–Crippen MR) is 136 cm³/mol. The number of fused-ring (bicyclic) bond motifs is 3. The second kappa shape index (κ2) is 7.75. The van der Waals surface area contributed by atoms with Crippen molar-refractivity contribution >= 4 is 34.0 Å². The van der Waals surface area contributed by atoms with Crippen molar-refractivity contribution in [2.75, 3.05) is 11.4 Å². The maximum absolute atomic E-state index is 6.21. The van der Waals surface area contributed by atoms with E-state index in [9.17, 15) is 0 Å². The average Bonchev–Trinajstić information content (AvgIpc) is 3.43. The molecule has 3 heterocycles. The van der Waals surface area contributed by atoms with Crippen LogP contribution in [0.3, 0.4) is 0 Å². The zero-order valence-corrected chi connectivity index (χ0v) is 19.3. The molecule has 33 heavy (non-hydrogen) atoms. The lowest BCUT2D eigenvalue weighted by molar-refractivity contribution is 0.896. The van der Waals surface area contributed by atoms with E-state index >= 15 is 0 Å². The van der Waals surface area contributed by atoms with Crippen molar-refractivity contribution in [1.82, 2.24) is 14.8 Å². The van der Waals surface area contributed by atoms with E-state index in [1.165, 1.54) is 22.5 Å². The van der Waals surface area contributed by atoms with Crippen LogP contribution in [0.15, 0.2) is 78.9 Å². The zero-order valence-electron chi connectivity index (χ0n) is 18.6. The van der Waals surface area contributed by atoms with E-state index in [4.69, 9.17) is 21.7 Å². The number of nitrogens with zero attached hydrogens (tertiary/aromatic N) is 4. The van der Waals surface area contributed by atoms with E-state index in [1.54, 1.807) is 0 Å². The minimum atomic E-state index is 0.714. The van der Waals surface area contributed by atoms with Crippen LogP contribution in [0.25, 0.3) is 28.0 Å². The van der Waals surface area contributed by atoms with E-state index < -0.39 is 0 Å². The van der Waals surface area contributed by atoms with Gasteiger partial charge in [0, 0.05) is 28.5 Å². The average molecular weight is 451 g/mol. The molecule has 1 aliphatic rings. The van der Waals surface area contributed by atoms with Crippen LogP contribution in [-0.2, 0) is 6.42 Å². The lowest BCUT2D eigenvalue weighted by Crippen LogP contribution is -2.14. The summed E-state index contributed by atoms with van der Waals surface area (Å²) in [4.78, 5) is 7.53. The molecule has 0 fully saturated rings. The van der Waals surface area contributed by atoms with Crippen LogP contribution in [0.2, 0.25) is 5.02 Å². The summed E-state index contributed by atoms with van der Waals surface area (Å²) < 4.78 is 1.97. The first kappa shape index (κ1) is 20.0. The van der Waals surface area contributed by atoms with Crippen LogP contribution >= 0.6 is 11.6 Å². The number of hydrogen-bond donors (Lipinski definition) is 0. The number of para-hydroxylation sites is 2. The van der Waals surface area contributed by atoms with Crippen LogP contribution in [0.5, 0.6) is 0 Å². The number of benzene rings is 3. The van der Waals surface area contributed by atoms with Crippen LogP contribution < -0.4 is 4.90 Å². The van der Waals surface area contributed by atoms with Gasteiger partial charge in [-0.3, -0.25) is 0 Å². The van der Waals surface area contributed by atoms with Crippen LogP contribution in [-0.4, -0.2) is 21.3 Å². The van der Waals surface area contributed by atoms with Gasteiger partial charge in [0.2, 0.25) is 0 Å². The molecular weight excluding hydrogens is 428 g/mol. The van der Waals surface area contributed by atoms with Crippen LogP contribution in [0.1, 0.15) is 16.8 Å². The van der Waals surface area contributed by atoms with Crippen molar-refractivity contribution in [1.29, 1.82) is 0 Å². The summed E-state index contributed by atoms with van der Waals surface area (Å²) in [6.45, 7) is 5.22. The van der Waals surface area contributed by atoms with Gasteiger partial charge in [-0.25, -0.2) is 9.67 Å². The summed E-state index contributed by atoms with van der Waals surface area (Å²) in [5, 5.41) is 6.91. The minimum absolute atomic E-state index is 0.714. The van der Waals surface area contributed by atoms with Crippen molar-refractivity contribution in [2.45, 2.75) is 20.3 Å². The third kappa shape index (κ3) is 3.21. The Hall–Kier alpha value is -3.63. The molecule has 0 spiro atoms. The second-order valence-corrected chi connectivity index (χ2v) is 8.95. The van der Waals surface area contributed by atoms with Gasteiger partial charge in [0.1, 0.15) is 5.69 Å². The number of aryl methyl sites for hydroxylation is 2. The fourth-order valence-corrected chi connectivity index (χ4v) is 5.00. The van der Waals surface area contributed by atoms with E-state index in [-0.39, 0.29) is 0 Å². The fourth-order valence-electron chi connectivity index (χ4n) is 4.88. The minimum Gasteiger partial charge on any atom is -0.340 e. The first-order chi connectivity index (χ1) is 16.1. The van der Waals surface area contributed by atoms with Gasteiger partial charge in [-0.05, 0) is 61.7 Å². The van der Waals surface area contributed by atoms with Crippen molar-refractivity contribution in [3.63, 3.8) is 0 Å². The molecule has 0 bridgehead atoms. The molecule has 0 atom stereocenters. The highest BCUT2D eigenvalue weighted by Crippen LogP contribution is 2.45. The quantitative estimate of drug-likeness (QED) is 0.295. The van der Waals surface area contributed by atoms with Gasteiger partial charge < -0.3 is 4.90 Å². The number of pyridine rings is 1. The van der Waals surface area contributed by atoms with Crippen LogP contribution in [0.4, 0.5) is 11.4 Å². The molecule has 6 rings (SSSR count). The highest BCUT2D eigenvalue weighted by atomic mass is 35.5. The Morgan fingerprint density at radius 1 is 0.848 bits per heavy atom. The topological polar surface area (TPSA) is 34.0 Å². The summed E-state index contributed by atoms with van der Waals surface area (Å²) in [6.07, 6.45) is 0.967. The summed E-state index contributed by atoms with van der Waals surface area (Å²) >= 11 is 6.21. The molecule has 0 saturated heterocycles. The Kier molecular flexibility index (Phi) is 4.70. The van der Waals surface area contributed by atoms with Gasteiger partial charge in [0.05, 0.1) is 16.8 Å². The van der Waals surface area contributed by atoms with Gasteiger partial charge in [0.25, 0.3) is 0 Å². The highest BCUT2D eigenvalue weighted by molar-refractivity contribution is 6.30.